The molecule has 0 aromatic carbocycles. The topological polar surface area (TPSA) is 95.9 Å². The summed E-state index contributed by atoms with van der Waals surface area (Å²) in [4.78, 5) is 24.5. The first kappa shape index (κ1) is 65.8. The zero-order valence-corrected chi connectivity index (χ0v) is 45.3. The van der Waals surface area contributed by atoms with Crippen LogP contribution in [0.4, 0.5) is 0 Å². The molecule has 0 rings (SSSR count). The molecule has 0 saturated heterocycles. The standard InChI is InChI=1S/C62H115NO5/c1-3-5-7-9-11-13-15-17-18-24-27-31-34-38-42-46-50-54-60(65)59(58-64)63-61(66)55-51-47-43-39-35-32-28-25-22-20-19-21-23-26-29-33-37-41-45-49-53-57-68-62(67)56-52-48-44-40-36-30-16-14-12-10-8-6-4-2/h8,10,14,16,33,37,45,49,59-60,64-65H,3-7,9,11-13,15,17-32,34-36,38-44,46-48,50-58H2,1-2H3,(H,63,66)/b10-8-,16-14-,37-33-,49-45-. The highest BCUT2D eigenvalue weighted by Gasteiger charge is 2.20. The minimum atomic E-state index is -0.669. The van der Waals surface area contributed by atoms with E-state index in [0.29, 0.717) is 25.9 Å². The smallest absolute Gasteiger partial charge is 0.305 e. The fourth-order valence-corrected chi connectivity index (χ4v) is 9.05. The summed E-state index contributed by atoms with van der Waals surface area (Å²) in [6.07, 6.45) is 72.7. The number of allylic oxidation sites excluding steroid dienone is 7. The molecule has 0 aliphatic carbocycles. The highest BCUT2D eigenvalue weighted by molar-refractivity contribution is 5.76. The first-order chi connectivity index (χ1) is 33.5. The molecule has 0 fully saturated rings. The molecule has 0 bridgehead atoms. The van der Waals surface area contributed by atoms with Crippen molar-refractivity contribution in [1.82, 2.24) is 5.32 Å². The molecule has 0 aromatic rings. The third-order valence-electron chi connectivity index (χ3n) is 13.6. The number of unbranched alkanes of at least 4 members (excludes halogenated alkanes) is 36. The van der Waals surface area contributed by atoms with E-state index in [4.69, 9.17) is 4.74 Å². The van der Waals surface area contributed by atoms with Crippen LogP contribution in [-0.2, 0) is 14.3 Å². The molecule has 0 aliphatic heterocycles. The van der Waals surface area contributed by atoms with Gasteiger partial charge in [-0.3, -0.25) is 9.59 Å². The molecule has 1 amide bonds. The van der Waals surface area contributed by atoms with Crippen LogP contribution in [0.5, 0.6) is 0 Å². The molecule has 0 radical (unpaired) electrons. The van der Waals surface area contributed by atoms with Gasteiger partial charge in [-0.05, 0) is 70.6 Å². The predicted molar refractivity (Wildman–Crippen MR) is 296 cm³/mol. The van der Waals surface area contributed by atoms with E-state index in [1.165, 1.54) is 212 Å². The SMILES string of the molecule is CCC/C=C\C/C=C\CCCCCCCC(=O)OCC/C=C\C/C=C\CCCCCCCCCCCCCCCCC(=O)NC(CO)C(O)CCCCCCCCCCCCCCCCCCC. The summed E-state index contributed by atoms with van der Waals surface area (Å²) < 4.78 is 5.40. The summed E-state index contributed by atoms with van der Waals surface area (Å²) in [5, 5.41) is 23.3. The van der Waals surface area contributed by atoms with Crippen LogP contribution in [0, 0.1) is 0 Å². The third-order valence-corrected chi connectivity index (χ3v) is 13.6. The molecule has 2 atom stereocenters. The van der Waals surface area contributed by atoms with Gasteiger partial charge in [-0.15, -0.1) is 0 Å². The second kappa shape index (κ2) is 57.4. The maximum Gasteiger partial charge on any atom is 0.305 e. The van der Waals surface area contributed by atoms with Crippen LogP contribution < -0.4 is 5.32 Å². The quantitative estimate of drug-likeness (QED) is 0.0321. The average Bonchev–Trinajstić information content (AvgIpc) is 3.34. The van der Waals surface area contributed by atoms with Gasteiger partial charge in [-0.25, -0.2) is 0 Å². The van der Waals surface area contributed by atoms with Crippen molar-refractivity contribution in [2.45, 2.75) is 321 Å². The summed E-state index contributed by atoms with van der Waals surface area (Å²) in [6, 6.07) is -0.546. The Balaban J connectivity index is 3.47. The van der Waals surface area contributed by atoms with Gasteiger partial charge in [-0.1, -0.05) is 274 Å². The maximum absolute atomic E-state index is 12.5. The van der Waals surface area contributed by atoms with Crippen molar-refractivity contribution in [2.75, 3.05) is 13.2 Å². The highest BCUT2D eigenvalue weighted by Crippen LogP contribution is 2.17. The van der Waals surface area contributed by atoms with Crippen LogP contribution in [0.25, 0.3) is 0 Å². The lowest BCUT2D eigenvalue weighted by Crippen LogP contribution is -2.45. The Hall–Kier alpha value is -2.18. The second-order valence-corrected chi connectivity index (χ2v) is 20.3. The van der Waals surface area contributed by atoms with Gasteiger partial charge in [0, 0.05) is 12.8 Å². The summed E-state index contributed by atoms with van der Waals surface area (Å²) in [7, 11) is 0. The van der Waals surface area contributed by atoms with Crippen molar-refractivity contribution in [3.63, 3.8) is 0 Å². The van der Waals surface area contributed by atoms with Crippen molar-refractivity contribution in [3.8, 4) is 0 Å². The van der Waals surface area contributed by atoms with Gasteiger partial charge in [0.2, 0.25) is 5.91 Å². The molecule has 68 heavy (non-hydrogen) atoms. The Morgan fingerprint density at radius 2 is 0.765 bits per heavy atom. The molecule has 0 spiro atoms. The van der Waals surface area contributed by atoms with Gasteiger partial charge in [0.15, 0.2) is 0 Å². The largest absolute Gasteiger partial charge is 0.465 e. The fraction of sp³-hybridized carbons (Fsp3) is 0.839. The van der Waals surface area contributed by atoms with Crippen LogP contribution in [-0.4, -0.2) is 47.4 Å². The van der Waals surface area contributed by atoms with Crippen LogP contribution in [0.3, 0.4) is 0 Å². The molecule has 0 aromatic heterocycles. The number of hydrogen-bond acceptors (Lipinski definition) is 5. The molecule has 0 saturated carbocycles. The van der Waals surface area contributed by atoms with Crippen molar-refractivity contribution in [3.05, 3.63) is 48.6 Å². The number of hydrogen-bond donors (Lipinski definition) is 3. The Kier molecular flexibility index (Phi) is 55.6. The van der Waals surface area contributed by atoms with Crippen LogP contribution in [0.1, 0.15) is 309 Å². The van der Waals surface area contributed by atoms with Gasteiger partial charge >= 0.3 is 5.97 Å². The monoisotopic (exact) mass is 954 g/mol. The Morgan fingerprint density at radius 3 is 1.18 bits per heavy atom. The lowest BCUT2D eigenvalue weighted by molar-refractivity contribution is -0.143. The summed E-state index contributed by atoms with van der Waals surface area (Å²) in [6.45, 7) is 4.78. The molecule has 398 valence electrons. The highest BCUT2D eigenvalue weighted by atomic mass is 16.5. The fourth-order valence-electron chi connectivity index (χ4n) is 9.05. The van der Waals surface area contributed by atoms with E-state index >= 15 is 0 Å². The first-order valence-electron chi connectivity index (χ1n) is 29.9. The normalized spacial score (nSPS) is 12.9. The van der Waals surface area contributed by atoms with Gasteiger partial charge in [-0.2, -0.15) is 0 Å². The lowest BCUT2D eigenvalue weighted by atomic mass is 10.0. The maximum atomic E-state index is 12.5. The number of nitrogens with one attached hydrogen (secondary N) is 1. The molecule has 6 nitrogen and oxygen atoms in total. The number of amides is 1. The summed E-state index contributed by atoms with van der Waals surface area (Å²) in [5.41, 5.74) is 0. The Morgan fingerprint density at radius 1 is 0.412 bits per heavy atom. The van der Waals surface area contributed by atoms with Crippen LogP contribution >= 0.6 is 0 Å². The van der Waals surface area contributed by atoms with E-state index in [1.54, 1.807) is 0 Å². The van der Waals surface area contributed by atoms with E-state index in [-0.39, 0.29) is 18.5 Å². The summed E-state index contributed by atoms with van der Waals surface area (Å²) in [5.74, 6) is -0.0896. The number of aliphatic hydroxyl groups is 2. The Bertz CT molecular complexity index is 1150. The molecule has 3 N–H and O–H groups in total. The average molecular weight is 955 g/mol. The van der Waals surface area contributed by atoms with Gasteiger partial charge in [0.05, 0.1) is 25.4 Å². The molecule has 0 heterocycles. The summed E-state index contributed by atoms with van der Waals surface area (Å²) >= 11 is 0. The minimum absolute atomic E-state index is 0.0388. The molecular formula is C62H115NO5. The van der Waals surface area contributed by atoms with E-state index in [0.717, 1.165) is 64.2 Å². The number of ether oxygens (including phenoxy) is 1. The van der Waals surface area contributed by atoms with E-state index < -0.39 is 12.1 Å². The second-order valence-electron chi connectivity index (χ2n) is 20.3. The van der Waals surface area contributed by atoms with Crippen molar-refractivity contribution in [2.24, 2.45) is 0 Å². The number of carbonyl (C=O) groups is 2. The van der Waals surface area contributed by atoms with Crippen LogP contribution in [0.15, 0.2) is 48.6 Å². The third kappa shape index (κ3) is 53.2. The Labute approximate surface area is 423 Å². The zero-order chi connectivity index (χ0) is 49.3. The molecule has 6 heteroatoms. The van der Waals surface area contributed by atoms with Crippen LogP contribution in [0.2, 0.25) is 0 Å². The first-order valence-corrected chi connectivity index (χ1v) is 29.9. The van der Waals surface area contributed by atoms with Gasteiger partial charge < -0.3 is 20.3 Å². The molecular weight excluding hydrogens is 839 g/mol. The van der Waals surface area contributed by atoms with Crippen molar-refractivity contribution < 1.29 is 24.5 Å². The van der Waals surface area contributed by atoms with E-state index in [9.17, 15) is 19.8 Å². The lowest BCUT2D eigenvalue weighted by Gasteiger charge is -2.22. The zero-order valence-electron chi connectivity index (χ0n) is 45.3. The van der Waals surface area contributed by atoms with Crippen molar-refractivity contribution >= 4 is 11.9 Å². The molecule has 0 aliphatic rings. The van der Waals surface area contributed by atoms with E-state index in [2.05, 4.69) is 67.8 Å². The van der Waals surface area contributed by atoms with Gasteiger partial charge in [0.25, 0.3) is 0 Å². The van der Waals surface area contributed by atoms with Gasteiger partial charge in [0.1, 0.15) is 0 Å². The predicted octanol–water partition coefficient (Wildman–Crippen LogP) is 18.6. The number of aliphatic hydroxyl groups excluding tert-OH is 2. The number of carbonyl (C=O) groups excluding carboxylic acids is 2. The number of rotatable bonds is 55. The van der Waals surface area contributed by atoms with E-state index in [1.807, 2.05) is 0 Å². The number of esters is 1. The molecule has 2 unspecified atom stereocenters. The minimum Gasteiger partial charge on any atom is -0.465 e. The van der Waals surface area contributed by atoms with Crippen molar-refractivity contribution in [1.29, 1.82) is 0 Å².